The van der Waals surface area contributed by atoms with E-state index in [9.17, 15) is 9.59 Å². The van der Waals surface area contributed by atoms with Gasteiger partial charge in [0, 0.05) is 38.5 Å². The van der Waals surface area contributed by atoms with Crippen LogP contribution >= 0.6 is 0 Å². The number of nitrogens with one attached hydrogen (secondary N) is 1. The van der Waals surface area contributed by atoms with E-state index in [1.807, 2.05) is 31.2 Å². The number of carbonyl (C=O) groups is 2. The quantitative estimate of drug-likeness (QED) is 0.704. The van der Waals surface area contributed by atoms with E-state index >= 15 is 0 Å². The highest BCUT2D eigenvalue weighted by Gasteiger charge is 2.35. The topological polar surface area (TPSA) is 112 Å². The van der Waals surface area contributed by atoms with Gasteiger partial charge in [-0.15, -0.1) is 0 Å². The Kier molecular flexibility index (Phi) is 6.63. The highest BCUT2D eigenvalue weighted by molar-refractivity contribution is 6.02. The lowest BCUT2D eigenvalue weighted by molar-refractivity contribution is -0.117. The summed E-state index contributed by atoms with van der Waals surface area (Å²) in [5, 5.41) is 12.6. The van der Waals surface area contributed by atoms with Crippen molar-refractivity contribution in [3.63, 3.8) is 0 Å². The second-order valence-electron chi connectivity index (χ2n) is 8.72. The summed E-state index contributed by atoms with van der Waals surface area (Å²) in [6.45, 7) is 4.95. The molecular formula is C25H29N5O3. The van der Waals surface area contributed by atoms with Crippen molar-refractivity contribution in [2.45, 2.75) is 44.7 Å². The van der Waals surface area contributed by atoms with E-state index < -0.39 is 6.09 Å². The highest BCUT2D eigenvalue weighted by atomic mass is 16.6. The molecule has 0 bridgehead atoms. The van der Waals surface area contributed by atoms with Crippen LogP contribution in [0.5, 0.6) is 5.75 Å². The second-order valence-corrected chi connectivity index (χ2v) is 8.72. The third-order valence-corrected chi connectivity index (χ3v) is 6.15. The van der Waals surface area contributed by atoms with Crippen LogP contribution in [-0.2, 0) is 4.79 Å². The number of nitriles is 1. The minimum atomic E-state index is -0.557. The molecular weight excluding hydrogens is 418 g/mol. The summed E-state index contributed by atoms with van der Waals surface area (Å²) in [5.74, 6) is 0.301. The van der Waals surface area contributed by atoms with Crippen LogP contribution in [0.2, 0.25) is 0 Å². The Hall–Kier alpha value is -3.41. The largest absolute Gasteiger partial charge is 0.419 e. The molecule has 0 aromatic heterocycles. The van der Waals surface area contributed by atoms with E-state index in [-0.39, 0.29) is 17.9 Å². The number of anilines is 2. The number of amides is 2. The second kappa shape index (κ2) is 9.61. The fourth-order valence-corrected chi connectivity index (χ4v) is 4.27. The van der Waals surface area contributed by atoms with Crippen molar-refractivity contribution in [1.82, 2.24) is 5.32 Å². The Bertz CT molecular complexity index is 1090. The van der Waals surface area contributed by atoms with E-state index in [1.165, 1.54) is 25.8 Å². The van der Waals surface area contributed by atoms with Crippen molar-refractivity contribution in [3.8, 4) is 11.8 Å². The summed E-state index contributed by atoms with van der Waals surface area (Å²) < 4.78 is 5.61. The Balaban J connectivity index is 1.66. The fraction of sp³-hybridized carbons (Fsp3) is 0.400. The SMILES string of the molecule is CC(=O)N1c2ccc(C(CN)CNC3CC3)cc2N(C(=O)Oc2cccc(C#N)c2)C[C@@H]1C. The van der Waals surface area contributed by atoms with E-state index in [0.29, 0.717) is 41.8 Å². The van der Waals surface area contributed by atoms with Crippen LogP contribution in [0, 0.1) is 11.3 Å². The Morgan fingerprint density at radius 1 is 1.24 bits per heavy atom. The number of ether oxygens (including phenoxy) is 1. The standard InChI is InChI=1S/C25H29N5O3/c1-16-15-29(25(32)33-22-5-3-4-18(10-22)12-26)24-11-19(6-9-23(24)30(16)17(2)31)20(13-27)14-28-21-7-8-21/h3-6,9-11,16,20-21,28H,7-8,13-15,27H2,1-2H3/t16-,20?/m0/s1. The lowest BCUT2D eigenvalue weighted by Crippen LogP contribution is -2.52. The molecule has 3 N–H and O–H groups in total. The monoisotopic (exact) mass is 447 g/mol. The number of fused-ring (bicyclic) bond motifs is 1. The first kappa shape index (κ1) is 22.8. The average Bonchev–Trinajstić information content (AvgIpc) is 3.63. The number of nitrogens with two attached hydrogens (primary N) is 1. The van der Waals surface area contributed by atoms with Crippen molar-refractivity contribution in [2.24, 2.45) is 5.73 Å². The summed E-state index contributed by atoms with van der Waals surface area (Å²) in [6, 6.07) is 14.7. The first-order valence-corrected chi connectivity index (χ1v) is 11.3. The molecule has 1 unspecified atom stereocenters. The number of nitrogens with zero attached hydrogens (tertiary/aromatic N) is 3. The molecule has 1 heterocycles. The van der Waals surface area contributed by atoms with Crippen LogP contribution in [0.3, 0.4) is 0 Å². The van der Waals surface area contributed by atoms with Crippen LogP contribution in [0.4, 0.5) is 16.2 Å². The maximum absolute atomic E-state index is 13.2. The molecule has 2 amide bonds. The van der Waals surface area contributed by atoms with Gasteiger partial charge in [-0.05, 0) is 55.7 Å². The third kappa shape index (κ3) is 5.00. The molecule has 0 radical (unpaired) electrons. The van der Waals surface area contributed by atoms with Crippen LogP contribution < -0.4 is 25.6 Å². The van der Waals surface area contributed by atoms with E-state index in [1.54, 1.807) is 28.0 Å². The molecule has 172 valence electrons. The van der Waals surface area contributed by atoms with Gasteiger partial charge < -0.3 is 20.7 Å². The zero-order valence-corrected chi connectivity index (χ0v) is 19.0. The summed E-state index contributed by atoms with van der Waals surface area (Å²) in [7, 11) is 0. The number of rotatable bonds is 6. The van der Waals surface area contributed by atoms with Gasteiger partial charge in [0.25, 0.3) is 0 Å². The van der Waals surface area contributed by atoms with Gasteiger partial charge in [0.05, 0.1) is 29.0 Å². The third-order valence-electron chi connectivity index (χ3n) is 6.15. The minimum absolute atomic E-state index is 0.0861. The lowest BCUT2D eigenvalue weighted by Gasteiger charge is -2.40. The van der Waals surface area contributed by atoms with Crippen LogP contribution in [-0.4, -0.2) is 43.7 Å². The van der Waals surface area contributed by atoms with E-state index in [2.05, 4.69) is 5.32 Å². The molecule has 1 aliphatic carbocycles. The van der Waals surface area contributed by atoms with Gasteiger partial charge in [-0.1, -0.05) is 12.1 Å². The summed E-state index contributed by atoms with van der Waals surface area (Å²) >= 11 is 0. The minimum Gasteiger partial charge on any atom is -0.410 e. The Morgan fingerprint density at radius 3 is 2.70 bits per heavy atom. The molecule has 2 aromatic carbocycles. The first-order chi connectivity index (χ1) is 15.9. The number of benzene rings is 2. The van der Waals surface area contributed by atoms with Crippen LogP contribution in [0.1, 0.15) is 43.7 Å². The van der Waals surface area contributed by atoms with Crippen molar-refractivity contribution in [3.05, 3.63) is 53.6 Å². The Labute approximate surface area is 193 Å². The smallest absolute Gasteiger partial charge is 0.410 e. The van der Waals surface area contributed by atoms with E-state index in [0.717, 1.165) is 12.1 Å². The van der Waals surface area contributed by atoms with Gasteiger partial charge in [0.15, 0.2) is 0 Å². The number of carbonyl (C=O) groups excluding carboxylic acids is 2. The van der Waals surface area contributed by atoms with Crippen molar-refractivity contribution in [1.29, 1.82) is 5.26 Å². The summed E-state index contributed by atoms with van der Waals surface area (Å²) in [5.41, 5.74) is 8.77. The molecule has 1 aliphatic heterocycles. The zero-order chi connectivity index (χ0) is 23.5. The summed E-state index contributed by atoms with van der Waals surface area (Å²) in [4.78, 5) is 28.9. The fourth-order valence-electron chi connectivity index (χ4n) is 4.27. The number of hydrogen-bond donors (Lipinski definition) is 2. The Morgan fingerprint density at radius 2 is 2.03 bits per heavy atom. The normalized spacial score (nSPS) is 18.3. The van der Waals surface area contributed by atoms with Crippen molar-refractivity contribution in [2.75, 3.05) is 29.4 Å². The molecule has 1 fully saturated rings. The lowest BCUT2D eigenvalue weighted by atomic mass is 9.96. The molecule has 2 aliphatic rings. The predicted octanol–water partition coefficient (Wildman–Crippen LogP) is 3.11. The number of hydrogen-bond acceptors (Lipinski definition) is 6. The van der Waals surface area contributed by atoms with Gasteiger partial charge in [-0.2, -0.15) is 5.26 Å². The predicted molar refractivity (Wildman–Crippen MR) is 126 cm³/mol. The maximum atomic E-state index is 13.2. The van der Waals surface area contributed by atoms with Crippen LogP contribution in [0.25, 0.3) is 0 Å². The van der Waals surface area contributed by atoms with Gasteiger partial charge in [-0.25, -0.2) is 4.79 Å². The molecule has 33 heavy (non-hydrogen) atoms. The van der Waals surface area contributed by atoms with Gasteiger partial charge >= 0.3 is 6.09 Å². The molecule has 2 atom stereocenters. The molecule has 8 heteroatoms. The van der Waals surface area contributed by atoms with Crippen molar-refractivity contribution >= 4 is 23.4 Å². The maximum Gasteiger partial charge on any atom is 0.419 e. The molecule has 2 aromatic rings. The van der Waals surface area contributed by atoms with Gasteiger partial charge in [0.2, 0.25) is 5.91 Å². The summed E-state index contributed by atoms with van der Waals surface area (Å²) in [6.07, 6.45) is 1.83. The molecule has 8 nitrogen and oxygen atoms in total. The molecule has 0 spiro atoms. The molecule has 0 saturated heterocycles. The highest BCUT2D eigenvalue weighted by Crippen LogP contribution is 2.38. The molecule has 4 rings (SSSR count). The average molecular weight is 448 g/mol. The van der Waals surface area contributed by atoms with Gasteiger partial charge in [0.1, 0.15) is 5.75 Å². The van der Waals surface area contributed by atoms with E-state index in [4.69, 9.17) is 15.7 Å². The zero-order valence-electron chi connectivity index (χ0n) is 19.0. The first-order valence-electron chi connectivity index (χ1n) is 11.3. The molecule has 1 saturated carbocycles. The van der Waals surface area contributed by atoms with Gasteiger partial charge in [-0.3, -0.25) is 9.69 Å². The van der Waals surface area contributed by atoms with Crippen molar-refractivity contribution < 1.29 is 14.3 Å². The van der Waals surface area contributed by atoms with Crippen LogP contribution in [0.15, 0.2) is 42.5 Å².